The normalized spacial score (nSPS) is 21.7. The van der Waals surface area contributed by atoms with Crippen LogP contribution in [-0.4, -0.2) is 76.6 Å². The second kappa shape index (κ2) is 11.9. The summed E-state index contributed by atoms with van der Waals surface area (Å²) in [6.07, 6.45) is 6.21. The Bertz CT molecular complexity index is 432. The topological polar surface area (TPSA) is 58.1 Å². The van der Waals surface area contributed by atoms with Crippen molar-refractivity contribution in [2.24, 2.45) is 16.3 Å². The van der Waals surface area contributed by atoms with Crippen LogP contribution in [0.25, 0.3) is 0 Å². The lowest BCUT2D eigenvalue weighted by molar-refractivity contribution is 0.0132. The molecule has 1 unspecified atom stereocenters. The highest BCUT2D eigenvalue weighted by molar-refractivity contribution is 5.79. The molecule has 0 radical (unpaired) electrons. The number of ether oxygens (including phenoxy) is 2. The Labute approximate surface area is 166 Å². The van der Waals surface area contributed by atoms with E-state index in [1.807, 2.05) is 0 Å². The van der Waals surface area contributed by atoms with E-state index in [1.165, 1.54) is 25.7 Å². The third-order valence-corrected chi connectivity index (χ3v) is 5.98. The summed E-state index contributed by atoms with van der Waals surface area (Å²) in [4.78, 5) is 7.53. The zero-order chi connectivity index (χ0) is 19.5. The number of guanidine groups is 1. The zero-order valence-corrected chi connectivity index (χ0v) is 18.1. The zero-order valence-electron chi connectivity index (χ0n) is 18.1. The molecule has 0 spiro atoms. The van der Waals surface area contributed by atoms with Gasteiger partial charge in [-0.2, -0.15) is 0 Å². The molecule has 0 aromatic heterocycles. The molecule has 1 aliphatic carbocycles. The molecule has 27 heavy (non-hydrogen) atoms. The van der Waals surface area contributed by atoms with E-state index in [0.717, 1.165) is 64.9 Å². The quantitative estimate of drug-likeness (QED) is 0.425. The molecule has 1 heterocycles. The van der Waals surface area contributed by atoms with E-state index in [0.29, 0.717) is 17.4 Å². The SMILES string of the molecule is CCNC(=NCC1(CCOC)CCC1)NCC(CC(C)C)N1CCOCC1. The standard InChI is InChI=1S/C21H42N4O2/c1-5-22-20(24-17-21(7-6-8-21)9-12-26-4)23-16-19(15-18(2)3)25-10-13-27-14-11-25/h18-19H,5-17H2,1-4H3,(H2,22,23,24). The molecule has 0 aromatic rings. The van der Waals surface area contributed by atoms with Crippen LogP contribution >= 0.6 is 0 Å². The monoisotopic (exact) mass is 382 g/mol. The van der Waals surface area contributed by atoms with Crippen molar-refractivity contribution in [1.29, 1.82) is 0 Å². The van der Waals surface area contributed by atoms with Crippen LogP contribution in [0.4, 0.5) is 0 Å². The van der Waals surface area contributed by atoms with E-state index in [9.17, 15) is 0 Å². The van der Waals surface area contributed by atoms with Crippen LogP contribution < -0.4 is 10.6 Å². The first-order valence-corrected chi connectivity index (χ1v) is 10.9. The smallest absolute Gasteiger partial charge is 0.191 e. The van der Waals surface area contributed by atoms with Gasteiger partial charge in [-0.3, -0.25) is 9.89 Å². The Morgan fingerprint density at radius 2 is 1.96 bits per heavy atom. The summed E-state index contributed by atoms with van der Waals surface area (Å²) in [6, 6.07) is 0.531. The van der Waals surface area contributed by atoms with Gasteiger partial charge in [0, 0.05) is 52.5 Å². The molecule has 2 fully saturated rings. The van der Waals surface area contributed by atoms with Crippen LogP contribution in [0.15, 0.2) is 4.99 Å². The van der Waals surface area contributed by atoms with Crippen LogP contribution in [0, 0.1) is 11.3 Å². The van der Waals surface area contributed by atoms with Gasteiger partial charge in [-0.15, -0.1) is 0 Å². The molecule has 1 aliphatic heterocycles. The minimum absolute atomic E-state index is 0.361. The van der Waals surface area contributed by atoms with Gasteiger partial charge >= 0.3 is 0 Å². The van der Waals surface area contributed by atoms with Gasteiger partial charge in [0.25, 0.3) is 0 Å². The fourth-order valence-electron chi connectivity index (χ4n) is 4.13. The number of methoxy groups -OCH3 is 1. The molecule has 6 nitrogen and oxygen atoms in total. The highest BCUT2D eigenvalue weighted by Crippen LogP contribution is 2.44. The lowest BCUT2D eigenvalue weighted by Gasteiger charge is -2.41. The summed E-state index contributed by atoms with van der Waals surface area (Å²) in [5, 5.41) is 7.06. The largest absolute Gasteiger partial charge is 0.385 e. The Morgan fingerprint density at radius 1 is 1.22 bits per heavy atom. The lowest BCUT2D eigenvalue weighted by Crippen LogP contribution is -2.51. The molecule has 1 atom stereocenters. The van der Waals surface area contributed by atoms with Crippen molar-refractivity contribution in [3.05, 3.63) is 0 Å². The predicted octanol–water partition coefficient (Wildman–Crippen LogP) is 2.50. The number of morpholine rings is 1. The van der Waals surface area contributed by atoms with Crippen molar-refractivity contribution >= 4 is 5.96 Å². The molecular weight excluding hydrogens is 340 g/mol. The van der Waals surface area contributed by atoms with E-state index in [-0.39, 0.29) is 0 Å². The fourth-order valence-corrected chi connectivity index (χ4v) is 4.13. The second-order valence-electron chi connectivity index (χ2n) is 8.60. The maximum atomic E-state index is 5.54. The van der Waals surface area contributed by atoms with E-state index in [2.05, 4.69) is 36.3 Å². The molecule has 1 saturated heterocycles. The Kier molecular flexibility index (Phi) is 9.87. The average Bonchev–Trinajstić information content (AvgIpc) is 2.64. The lowest BCUT2D eigenvalue weighted by atomic mass is 9.67. The number of hydrogen-bond acceptors (Lipinski definition) is 4. The summed E-state index contributed by atoms with van der Waals surface area (Å²) in [7, 11) is 1.79. The second-order valence-corrected chi connectivity index (χ2v) is 8.60. The van der Waals surface area contributed by atoms with Crippen molar-refractivity contribution in [3.8, 4) is 0 Å². The molecule has 2 rings (SSSR count). The maximum Gasteiger partial charge on any atom is 0.191 e. The van der Waals surface area contributed by atoms with Crippen LogP contribution in [0.2, 0.25) is 0 Å². The molecular formula is C21H42N4O2. The van der Waals surface area contributed by atoms with Crippen molar-refractivity contribution in [2.75, 3.05) is 59.7 Å². The van der Waals surface area contributed by atoms with Gasteiger partial charge in [0.05, 0.1) is 13.2 Å². The van der Waals surface area contributed by atoms with Crippen molar-refractivity contribution in [1.82, 2.24) is 15.5 Å². The number of aliphatic imine (C=N–C) groups is 1. The van der Waals surface area contributed by atoms with E-state index < -0.39 is 0 Å². The Balaban J connectivity index is 1.91. The fraction of sp³-hybridized carbons (Fsp3) is 0.952. The highest BCUT2D eigenvalue weighted by Gasteiger charge is 2.36. The third kappa shape index (κ3) is 7.59. The summed E-state index contributed by atoms with van der Waals surface area (Å²) >= 11 is 0. The predicted molar refractivity (Wildman–Crippen MR) is 112 cm³/mol. The maximum absolute atomic E-state index is 5.54. The first-order chi connectivity index (χ1) is 13.1. The van der Waals surface area contributed by atoms with Crippen LogP contribution in [-0.2, 0) is 9.47 Å². The third-order valence-electron chi connectivity index (χ3n) is 5.98. The number of rotatable bonds is 11. The van der Waals surface area contributed by atoms with Gasteiger partial charge in [0.2, 0.25) is 0 Å². The van der Waals surface area contributed by atoms with Crippen molar-refractivity contribution < 1.29 is 9.47 Å². The number of nitrogens with zero attached hydrogens (tertiary/aromatic N) is 2. The molecule has 1 saturated carbocycles. The van der Waals surface area contributed by atoms with Crippen molar-refractivity contribution in [2.45, 2.75) is 58.9 Å². The van der Waals surface area contributed by atoms with Gasteiger partial charge in [-0.25, -0.2) is 0 Å². The Hall–Kier alpha value is -0.850. The molecule has 2 N–H and O–H groups in total. The van der Waals surface area contributed by atoms with Crippen LogP contribution in [0.1, 0.15) is 52.9 Å². The molecule has 0 aromatic carbocycles. The van der Waals surface area contributed by atoms with E-state index >= 15 is 0 Å². The van der Waals surface area contributed by atoms with E-state index in [1.54, 1.807) is 7.11 Å². The molecule has 2 aliphatic rings. The van der Waals surface area contributed by atoms with Gasteiger partial charge in [0.1, 0.15) is 0 Å². The van der Waals surface area contributed by atoms with Crippen LogP contribution in [0.3, 0.4) is 0 Å². The van der Waals surface area contributed by atoms with Crippen LogP contribution in [0.5, 0.6) is 0 Å². The van der Waals surface area contributed by atoms with Gasteiger partial charge < -0.3 is 20.1 Å². The summed E-state index contributed by atoms with van der Waals surface area (Å²) in [5.74, 6) is 1.65. The summed E-state index contributed by atoms with van der Waals surface area (Å²) in [5.41, 5.74) is 0.361. The number of hydrogen-bond donors (Lipinski definition) is 2. The van der Waals surface area contributed by atoms with Gasteiger partial charge in [0.15, 0.2) is 5.96 Å². The summed E-state index contributed by atoms with van der Waals surface area (Å²) < 4.78 is 10.9. The molecule has 158 valence electrons. The first-order valence-electron chi connectivity index (χ1n) is 10.9. The van der Waals surface area contributed by atoms with E-state index in [4.69, 9.17) is 14.5 Å². The van der Waals surface area contributed by atoms with Crippen molar-refractivity contribution in [3.63, 3.8) is 0 Å². The highest BCUT2D eigenvalue weighted by atomic mass is 16.5. The minimum Gasteiger partial charge on any atom is -0.385 e. The van der Waals surface area contributed by atoms with Gasteiger partial charge in [-0.1, -0.05) is 20.3 Å². The molecule has 0 amide bonds. The summed E-state index contributed by atoms with van der Waals surface area (Å²) in [6.45, 7) is 14.1. The average molecular weight is 383 g/mol. The first kappa shape index (κ1) is 22.4. The molecule has 6 heteroatoms. The minimum atomic E-state index is 0.361. The number of nitrogens with one attached hydrogen (secondary N) is 2. The molecule has 0 bridgehead atoms. The van der Waals surface area contributed by atoms with Gasteiger partial charge in [-0.05, 0) is 43.9 Å². The Morgan fingerprint density at radius 3 is 2.52 bits per heavy atom.